The molecule has 0 aliphatic rings. The first kappa shape index (κ1) is 17.7. The van der Waals surface area contributed by atoms with Gasteiger partial charge in [-0.3, -0.25) is 0 Å². The Hall–Kier alpha value is -1.62. The molecule has 6 heteroatoms. The first-order valence-corrected chi connectivity index (χ1v) is 8.69. The van der Waals surface area contributed by atoms with Crippen molar-refractivity contribution >= 4 is 52.2 Å². The summed E-state index contributed by atoms with van der Waals surface area (Å²) < 4.78 is 4.93. The molecule has 1 N–H and O–H groups in total. The van der Waals surface area contributed by atoms with E-state index in [-0.39, 0.29) is 0 Å². The van der Waals surface area contributed by atoms with Gasteiger partial charge in [-0.1, -0.05) is 47.5 Å². The number of para-hydroxylation sites is 1. The first-order valence-electron chi connectivity index (χ1n) is 6.71. The molecule has 0 bridgehead atoms. The van der Waals surface area contributed by atoms with E-state index >= 15 is 0 Å². The van der Waals surface area contributed by atoms with Gasteiger partial charge in [-0.2, -0.15) is 0 Å². The van der Waals surface area contributed by atoms with Crippen LogP contribution in [0, 0.1) is 0 Å². The second-order valence-corrected chi connectivity index (χ2v) is 6.18. The SMILES string of the molecule is COC(=O)C(=C(Nc1ccccc1)SC)c1ccc(Cl)cc1Cl. The van der Waals surface area contributed by atoms with Crippen molar-refractivity contribution in [3.63, 3.8) is 0 Å². The Kier molecular flexibility index (Phi) is 6.39. The highest BCUT2D eigenvalue weighted by atomic mass is 35.5. The number of rotatable bonds is 5. The molecule has 3 nitrogen and oxygen atoms in total. The van der Waals surface area contributed by atoms with Crippen molar-refractivity contribution in [3.8, 4) is 0 Å². The number of thioether (sulfide) groups is 1. The third-order valence-corrected chi connectivity index (χ3v) is 4.32. The zero-order chi connectivity index (χ0) is 16.8. The number of ether oxygens (including phenoxy) is 1. The van der Waals surface area contributed by atoms with Crippen molar-refractivity contribution in [2.24, 2.45) is 0 Å². The fourth-order valence-electron chi connectivity index (χ4n) is 1.99. The van der Waals surface area contributed by atoms with E-state index in [0.717, 1.165) is 5.69 Å². The van der Waals surface area contributed by atoms with Gasteiger partial charge in [0, 0.05) is 16.3 Å². The molecule has 0 saturated carbocycles. The maximum absolute atomic E-state index is 12.3. The van der Waals surface area contributed by atoms with Crippen LogP contribution in [-0.4, -0.2) is 19.3 Å². The maximum Gasteiger partial charge on any atom is 0.341 e. The minimum Gasteiger partial charge on any atom is -0.465 e. The summed E-state index contributed by atoms with van der Waals surface area (Å²) in [6.07, 6.45) is 1.87. The summed E-state index contributed by atoms with van der Waals surface area (Å²) in [6, 6.07) is 14.6. The van der Waals surface area contributed by atoms with Crippen LogP contribution in [-0.2, 0) is 9.53 Å². The Morgan fingerprint density at radius 1 is 1.13 bits per heavy atom. The number of methoxy groups -OCH3 is 1. The number of benzene rings is 2. The van der Waals surface area contributed by atoms with Gasteiger partial charge in [-0.25, -0.2) is 4.79 Å². The third-order valence-electron chi connectivity index (χ3n) is 3.05. The van der Waals surface area contributed by atoms with Gasteiger partial charge in [0.05, 0.1) is 22.7 Å². The van der Waals surface area contributed by atoms with E-state index in [1.165, 1.54) is 18.9 Å². The molecule has 0 heterocycles. The molecule has 120 valence electrons. The lowest BCUT2D eigenvalue weighted by Crippen LogP contribution is -2.10. The zero-order valence-corrected chi connectivity index (χ0v) is 14.9. The Balaban J connectivity index is 2.56. The second kappa shape index (κ2) is 8.29. The van der Waals surface area contributed by atoms with Crippen LogP contribution >= 0.6 is 35.0 Å². The van der Waals surface area contributed by atoms with Crippen molar-refractivity contribution < 1.29 is 9.53 Å². The van der Waals surface area contributed by atoms with E-state index in [0.29, 0.717) is 26.2 Å². The van der Waals surface area contributed by atoms with Gasteiger partial charge in [0.1, 0.15) is 0 Å². The van der Waals surface area contributed by atoms with Crippen LogP contribution < -0.4 is 5.32 Å². The van der Waals surface area contributed by atoms with Crippen LogP contribution in [0.25, 0.3) is 5.57 Å². The summed E-state index contributed by atoms with van der Waals surface area (Å²) in [4.78, 5) is 12.3. The number of hydrogen-bond donors (Lipinski definition) is 1. The van der Waals surface area contributed by atoms with E-state index in [1.807, 2.05) is 36.6 Å². The number of carbonyl (C=O) groups is 1. The molecule has 2 aromatic carbocycles. The molecule has 0 unspecified atom stereocenters. The third kappa shape index (κ3) is 4.44. The number of anilines is 1. The lowest BCUT2D eigenvalue weighted by Gasteiger charge is -2.15. The molecular formula is C17H15Cl2NO2S. The molecule has 0 atom stereocenters. The van der Waals surface area contributed by atoms with Gasteiger partial charge in [0.15, 0.2) is 0 Å². The van der Waals surface area contributed by atoms with Crippen molar-refractivity contribution in [3.05, 3.63) is 69.2 Å². The van der Waals surface area contributed by atoms with Crippen LogP contribution in [0.5, 0.6) is 0 Å². The molecule has 0 spiro atoms. The molecule has 2 aromatic rings. The molecule has 0 fully saturated rings. The van der Waals surface area contributed by atoms with Crippen LogP contribution in [0.4, 0.5) is 5.69 Å². The highest BCUT2D eigenvalue weighted by Gasteiger charge is 2.21. The molecule has 0 saturated heterocycles. The highest BCUT2D eigenvalue weighted by Crippen LogP contribution is 2.33. The fraction of sp³-hybridized carbons (Fsp3) is 0.118. The number of esters is 1. The van der Waals surface area contributed by atoms with E-state index < -0.39 is 5.97 Å². The summed E-state index contributed by atoms with van der Waals surface area (Å²) in [5.41, 5.74) is 1.80. The largest absolute Gasteiger partial charge is 0.465 e. The van der Waals surface area contributed by atoms with Gasteiger partial charge in [0.2, 0.25) is 0 Å². The van der Waals surface area contributed by atoms with Crippen LogP contribution in [0.3, 0.4) is 0 Å². The standard InChI is InChI=1S/C17H15Cl2NO2S/c1-22-17(21)15(13-9-8-11(18)10-14(13)19)16(23-2)20-12-6-4-3-5-7-12/h3-10,20H,1-2H3. The fourth-order valence-corrected chi connectivity index (χ4v) is 3.11. The van der Waals surface area contributed by atoms with Gasteiger partial charge in [-0.15, -0.1) is 11.8 Å². The summed E-state index contributed by atoms with van der Waals surface area (Å²) >= 11 is 13.6. The highest BCUT2D eigenvalue weighted by molar-refractivity contribution is 8.02. The monoisotopic (exact) mass is 367 g/mol. The molecular weight excluding hydrogens is 353 g/mol. The predicted octanol–water partition coefficient (Wildman–Crippen LogP) is 5.31. The van der Waals surface area contributed by atoms with E-state index in [4.69, 9.17) is 27.9 Å². The van der Waals surface area contributed by atoms with Crippen LogP contribution in [0.2, 0.25) is 10.0 Å². The molecule has 0 amide bonds. The molecule has 0 aromatic heterocycles. The van der Waals surface area contributed by atoms with Crippen molar-refractivity contribution in [2.45, 2.75) is 0 Å². The topological polar surface area (TPSA) is 38.3 Å². The van der Waals surface area contributed by atoms with E-state index in [2.05, 4.69) is 5.32 Å². The summed E-state index contributed by atoms with van der Waals surface area (Å²) in [5, 5.41) is 4.77. The smallest absolute Gasteiger partial charge is 0.341 e. The first-order chi connectivity index (χ1) is 11.1. The number of halogens is 2. The minimum atomic E-state index is -0.470. The quantitative estimate of drug-likeness (QED) is 0.573. The van der Waals surface area contributed by atoms with Crippen molar-refractivity contribution in [1.82, 2.24) is 0 Å². The minimum absolute atomic E-state index is 0.366. The number of hydrogen-bond acceptors (Lipinski definition) is 4. The molecule has 0 radical (unpaired) electrons. The predicted molar refractivity (Wildman–Crippen MR) is 99.0 cm³/mol. The maximum atomic E-state index is 12.3. The van der Waals surface area contributed by atoms with E-state index in [1.54, 1.807) is 18.2 Å². The van der Waals surface area contributed by atoms with Gasteiger partial charge in [-0.05, 0) is 30.5 Å². The van der Waals surface area contributed by atoms with Crippen molar-refractivity contribution in [1.29, 1.82) is 0 Å². The van der Waals surface area contributed by atoms with Gasteiger partial charge >= 0.3 is 5.97 Å². The number of carbonyl (C=O) groups excluding carboxylic acids is 1. The lowest BCUT2D eigenvalue weighted by molar-refractivity contribution is -0.133. The summed E-state index contributed by atoms with van der Waals surface area (Å²) in [6.45, 7) is 0. The Morgan fingerprint density at radius 3 is 2.39 bits per heavy atom. The van der Waals surface area contributed by atoms with Crippen LogP contribution in [0.1, 0.15) is 5.56 Å². The lowest BCUT2D eigenvalue weighted by atomic mass is 10.1. The average Bonchev–Trinajstić information content (AvgIpc) is 2.56. The molecule has 0 aliphatic carbocycles. The van der Waals surface area contributed by atoms with Gasteiger partial charge in [0.25, 0.3) is 0 Å². The average molecular weight is 368 g/mol. The number of nitrogens with one attached hydrogen (secondary N) is 1. The molecule has 23 heavy (non-hydrogen) atoms. The normalized spacial score (nSPS) is 11.7. The van der Waals surface area contributed by atoms with Gasteiger partial charge < -0.3 is 10.1 Å². The van der Waals surface area contributed by atoms with Crippen LogP contribution in [0.15, 0.2) is 53.6 Å². The Morgan fingerprint density at radius 2 is 1.83 bits per heavy atom. The molecule has 2 rings (SSSR count). The van der Waals surface area contributed by atoms with E-state index in [9.17, 15) is 4.79 Å². The Labute approximate surface area is 149 Å². The molecule has 0 aliphatic heterocycles. The second-order valence-electron chi connectivity index (χ2n) is 4.52. The Bertz CT molecular complexity index is 733. The zero-order valence-electron chi connectivity index (χ0n) is 12.6. The van der Waals surface area contributed by atoms with Crippen molar-refractivity contribution in [2.75, 3.05) is 18.7 Å². The summed E-state index contributed by atoms with van der Waals surface area (Å²) in [5.74, 6) is -0.470. The summed E-state index contributed by atoms with van der Waals surface area (Å²) in [7, 11) is 1.34.